The molecule has 0 spiro atoms. The number of carbonyl (C=O) groups excluding carboxylic acids is 1. The highest BCUT2D eigenvalue weighted by atomic mass is 16.3. The van der Waals surface area contributed by atoms with E-state index in [0.717, 1.165) is 30.9 Å². The van der Waals surface area contributed by atoms with Crippen molar-refractivity contribution in [2.45, 2.75) is 45.7 Å². The minimum Gasteiger partial charge on any atom is -0.464 e. The van der Waals surface area contributed by atoms with E-state index in [9.17, 15) is 9.59 Å². The van der Waals surface area contributed by atoms with E-state index >= 15 is 0 Å². The van der Waals surface area contributed by atoms with Gasteiger partial charge in [0.2, 0.25) is 5.91 Å². The number of piperidine rings is 1. The summed E-state index contributed by atoms with van der Waals surface area (Å²) in [6.07, 6.45) is 3.98. The molecule has 0 saturated carbocycles. The molecule has 0 radical (unpaired) electrons. The largest absolute Gasteiger partial charge is 0.464 e. The highest BCUT2D eigenvalue weighted by Crippen LogP contribution is 2.35. The Kier molecular flexibility index (Phi) is 4.88. The predicted molar refractivity (Wildman–Crippen MR) is 91.6 cm³/mol. The SMILES string of the molecule is Cc1ccc(C2CC(C)CCN2C(=O)CCn2ccccc2=O)o1. The average Bonchev–Trinajstić information content (AvgIpc) is 3.00. The van der Waals surface area contributed by atoms with Crippen LogP contribution in [0.3, 0.4) is 0 Å². The maximum Gasteiger partial charge on any atom is 0.250 e. The Morgan fingerprint density at radius 1 is 1.29 bits per heavy atom. The number of carbonyl (C=O) groups is 1. The molecule has 3 heterocycles. The Bertz CT molecular complexity index is 762. The van der Waals surface area contributed by atoms with Crippen LogP contribution >= 0.6 is 0 Å². The van der Waals surface area contributed by atoms with Gasteiger partial charge < -0.3 is 13.9 Å². The van der Waals surface area contributed by atoms with E-state index in [1.807, 2.05) is 30.0 Å². The highest BCUT2D eigenvalue weighted by molar-refractivity contribution is 5.76. The predicted octanol–water partition coefficient (Wildman–Crippen LogP) is 3.14. The van der Waals surface area contributed by atoms with Crippen LogP contribution in [0.5, 0.6) is 0 Å². The fraction of sp³-hybridized carbons (Fsp3) is 0.474. The Labute approximate surface area is 141 Å². The minimum absolute atomic E-state index is 0.00226. The normalized spacial score (nSPS) is 21.0. The number of aromatic nitrogens is 1. The van der Waals surface area contributed by atoms with E-state index in [1.54, 1.807) is 16.8 Å². The fourth-order valence-corrected chi connectivity index (χ4v) is 3.35. The summed E-state index contributed by atoms with van der Waals surface area (Å²) in [5.74, 6) is 2.38. The van der Waals surface area contributed by atoms with Crippen molar-refractivity contribution >= 4 is 5.91 Å². The second kappa shape index (κ2) is 7.07. The Hall–Kier alpha value is -2.30. The quantitative estimate of drug-likeness (QED) is 0.866. The number of furan rings is 1. The van der Waals surface area contributed by atoms with Crippen molar-refractivity contribution in [2.75, 3.05) is 6.54 Å². The standard InChI is InChI=1S/C19H24N2O3/c1-14-8-12-21(16(13-14)17-7-6-15(2)24-17)19(23)9-11-20-10-4-3-5-18(20)22/h3-7,10,14,16H,8-9,11-13H2,1-2H3. The summed E-state index contributed by atoms with van der Waals surface area (Å²) in [5, 5.41) is 0. The van der Waals surface area contributed by atoms with Crippen molar-refractivity contribution in [3.8, 4) is 0 Å². The molecule has 0 bridgehead atoms. The van der Waals surface area contributed by atoms with Gasteiger partial charge in [-0.1, -0.05) is 13.0 Å². The van der Waals surface area contributed by atoms with Gasteiger partial charge >= 0.3 is 0 Å². The Balaban J connectivity index is 1.71. The molecular formula is C19H24N2O3. The van der Waals surface area contributed by atoms with E-state index in [4.69, 9.17) is 4.42 Å². The van der Waals surface area contributed by atoms with Crippen molar-refractivity contribution in [2.24, 2.45) is 5.92 Å². The zero-order valence-electron chi connectivity index (χ0n) is 14.3. The smallest absolute Gasteiger partial charge is 0.250 e. The topological polar surface area (TPSA) is 55.5 Å². The van der Waals surface area contributed by atoms with Gasteiger partial charge in [0.25, 0.3) is 5.56 Å². The second-order valence-electron chi connectivity index (χ2n) is 6.66. The molecule has 2 atom stereocenters. The van der Waals surface area contributed by atoms with Gasteiger partial charge in [0.1, 0.15) is 11.5 Å². The van der Waals surface area contributed by atoms with Crippen LogP contribution in [-0.4, -0.2) is 21.9 Å². The summed E-state index contributed by atoms with van der Waals surface area (Å²) in [7, 11) is 0. The number of nitrogens with zero attached hydrogens (tertiary/aromatic N) is 2. The summed E-state index contributed by atoms with van der Waals surface area (Å²) in [4.78, 5) is 26.4. The van der Waals surface area contributed by atoms with Gasteiger partial charge in [-0.05, 0) is 43.9 Å². The molecule has 5 nitrogen and oxygen atoms in total. The molecule has 1 amide bonds. The van der Waals surface area contributed by atoms with E-state index in [-0.39, 0.29) is 17.5 Å². The molecule has 0 aliphatic carbocycles. The molecule has 3 rings (SSSR count). The number of hydrogen-bond acceptors (Lipinski definition) is 3. The van der Waals surface area contributed by atoms with Crippen molar-refractivity contribution in [1.82, 2.24) is 9.47 Å². The molecule has 2 unspecified atom stereocenters. The summed E-state index contributed by atoms with van der Waals surface area (Å²) < 4.78 is 7.36. The van der Waals surface area contributed by atoms with Gasteiger partial charge in [0, 0.05) is 31.8 Å². The molecular weight excluding hydrogens is 304 g/mol. The van der Waals surface area contributed by atoms with E-state index < -0.39 is 0 Å². The lowest BCUT2D eigenvalue weighted by Crippen LogP contribution is -2.41. The lowest BCUT2D eigenvalue weighted by Gasteiger charge is -2.37. The van der Waals surface area contributed by atoms with Crippen LogP contribution in [0.4, 0.5) is 0 Å². The first kappa shape index (κ1) is 16.6. The fourth-order valence-electron chi connectivity index (χ4n) is 3.35. The van der Waals surface area contributed by atoms with Gasteiger partial charge in [-0.2, -0.15) is 0 Å². The molecule has 2 aromatic rings. The van der Waals surface area contributed by atoms with Crippen LogP contribution < -0.4 is 5.56 Å². The maximum atomic E-state index is 12.7. The monoisotopic (exact) mass is 328 g/mol. The number of amides is 1. The number of hydrogen-bond donors (Lipinski definition) is 0. The maximum absolute atomic E-state index is 12.7. The molecule has 5 heteroatoms. The number of rotatable bonds is 4. The zero-order chi connectivity index (χ0) is 17.1. The van der Waals surface area contributed by atoms with E-state index in [2.05, 4.69) is 6.92 Å². The second-order valence-corrected chi connectivity index (χ2v) is 6.66. The van der Waals surface area contributed by atoms with E-state index in [0.29, 0.717) is 18.9 Å². The van der Waals surface area contributed by atoms with Crippen LogP contribution in [0.25, 0.3) is 0 Å². The lowest BCUT2D eigenvalue weighted by molar-refractivity contribution is -0.136. The molecule has 1 saturated heterocycles. The van der Waals surface area contributed by atoms with Crippen molar-refractivity contribution in [3.05, 3.63) is 58.4 Å². The average molecular weight is 328 g/mol. The third-order valence-electron chi connectivity index (χ3n) is 4.74. The molecule has 1 aliphatic rings. The summed E-state index contributed by atoms with van der Waals surface area (Å²) >= 11 is 0. The first-order chi connectivity index (χ1) is 11.5. The number of likely N-dealkylation sites (tertiary alicyclic amines) is 1. The summed E-state index contributed by atoms with van der Waals surface area (Å²) in [5.41, 5.74) is -0.0734. The third-order valence-corrected chi connectivity index (χ3v) is 4.74. The van der Waals surface area contributed by atoms with Crippen LogP contribution in [-0.2, 0) is 11.3 Å². The van der Waals surface area contributed by atoms with Crippen LogP contribution in [0, 0.1) is 12.8 Å². The zero-order valence-corrected chi connectivity index (χ0v) is 14.3. The third kappa shape index (κ3) is 3.61. The lowest BCUT2D eigenvalue weighted by atomic mass is 9.91. The van der Waals surface area contributed by atoms with Crippen LogP contribution in [0.2, 0.25) is 0 Å². The van der Waals surface area contributed by atoms with Crippen LogP contribution in [0.15, 0.2) is 45.7 Å². The molecule has 1 aliphatic heterocycles. The summed E-state index contributed by atoms with van der Waals surface area (Å²) in [6, 6.07) is 8.95. The van der Waals surface area contributed by atoms with Crippen molar-refractivity contribution < 1.29 is 9.21 Å². The van der Waals surface area contributed by atoms with Crippen LogP contribution in [0.1, 0.15) is 43.7 Å². The molecule has 0 aromatic carbocycles. The molecule has 0 N–H and O–H groups in total. The van der Waals surface area contributed by atoms with Gasteiger partial charge in [0.15, 0.2) is 0 Å². The molecule has 1 fully saturated rings. The first-order valence-electron chi connectivity index (χ1n) is 8.56. The van der Waals surface area contributed by atoms with Gasteiger partial charge in [-0.25, -0.2) is 0 Å². The highest BCUT2D eigenvalue weighted by Gasteiger charge is 2.32. The minimum atomic E-state index is -0.0734. The van der Waals surface area contributed by atoms with Gasteiger partial charge in [-0.3, -0.25) is 9.59 Å². The molecule has 24 heavy (non-hydrogen) atoms. The molecule has 128 valence electrons. The Morgan fingerprint density at radius 3 is 2.83 bits per heavy atom. The first-order valence-corrected chi connectivity index (χ1v) is 8.56. The summed E-state index contributed by atoms with van der Waals surface area (Å²) in [6.45, 7) is 5.29. The van der Waals surface area contributed by atoms with Crippen molar-refractivity contribution in [3.63, 3.8) is 0 Å². The van der Waals surface area contributed by atoms with Gasteiger partial charge in [0.05, 0.1) is 6.04 Å². The van der Waals surface area contributed by atoms with Gasteiger partial charge in [-0.15, -0.1) is 0 Å². The number of aryl methyl sites for hydroxylation is 2. The number of pyridine rings is 1. The van der Waals surface area contributed by atoms with E-state index in [1.165, 1.54) is 6.07 Å². The van der Waals surface area contributed by atoms with Crippen molar-refractivity contribution in [1.29, 1.82) is 0 Å². The Morgan fingerprint density at radius 2 is 2.12 bits per heavy atom. The molecule has 2 aromatic heterocycles.